The second-order valence-corrected chi connectivity index (χ2v) is 6.54. The minimum Gasteiger partial charge on any atom is -0.502 e. The van der Waals surface area contributed by atoms with E-state index in [4.69, 9.17) is 4.74 Å². The van der Waals surface area contributed by atoms with Crippen molar-refractivity contribution in [3.8, 4) is 5.75 Å². The monoisotopic (exact) mass is 308 g/mol. The Morgan fingerprint density at radius 2 is 2.00 bits per heavy atom. The molecule has 1 amide bonds. The number of nitrogens with zero attached hydrogens (tertiary/aromatic N) is 2. The second-order valence-electron chi connectivity index (χ2n) is 6.54. The van der Waals surface area contributed by atoms with Gasteiger partial charge in [0.05, 0.1) is 4.92 Å². The molecule has 0 saturated carbocycles. The summed E-state index contributed by atoms with van der Waals surface area (Å²) in [6, 6.07) is 3.10. The smallest absolute Gasteiger partial charge is 0.410 e. The van der Waals surface area contributed by atoms with E-state index in [0.29, 0.717) is 18.7 Å². The Labute approximate surface area is 128 Å². The van der Waals surface area contributed by atoms with Gasteiger partial charge in [0, 0.05) is 25.1 Å². The SMILES string of the molecule is Cc1cc(C2CN(C(=O)OC(C)(C)C)C2)cc([N+](=O)[O-])c1O. The van der Waals surface area contributed by atoms with Crippen LogP contribution in [-0.2, 0) is 4.74 Å². The van der Waals surface area contributed by atoms with Crippen molar-refractivity contribution >= 4 is 11.8 Å². The maximum atomic E-state index is 11.9. The fourth-order valence-electron chi connectivity index (χ4n) is 2.33. The molecule has 7 nitrogen and oxygen atoms in total. The van der Waals surface area contributed by atoms with Crippen LogP contribution in [0, 0.1) is 17.0 Å². The summed E-state index contributed by atoms with van der Waals surface area (Å²) >= 11 is 0. The van der Waals surface area contributed by atoms with Gasteiger partial charge in [0.15, 0.2) is 5.75 Å². The van der Waals surface area contributed by atoms with Crippen LogP contribution in [0.1, 0.15) is 37.8 Å². The van der Waals surface area contributed by atoms with E-state index in [1.165, 1.54) is 6.07 Å². The number of carbonyl (C=O) groups excluding carboxylic acids is 1. The van der Waals surface area contributed by atoms with Gasteiger partial charge in [0.1, 0.15) is 5.60 Å². The number of nitro groups is 1. The number of phenolic OH excluding ortho intramolecular Hbond substituents is 1. The van der Waals surface area contributed by atoms with Crippen LogP contribution < -0.4 is 0 Å². The van der Waals surface area contributed by atoms with Crippen molar-refractivity contribution in [2.45, 2.75) is 39.2 Å². The first-order valence-corrected chi connectivity index (χ1v) is 7.04. The van der Waals surface area contributed by atoms with Gasteiger partial charge in [0.25, 0.3) is 0 Å². The molecule has 7 heteroatoms. The maximum absolute atomic E-state index is 11.9. The number of ether oxygens (including phenoxy) is 1. The number of phenols is 1. The number of amides is 1. The first-order valence-electron chi connectivity index (χ1n) is 7.04. The third-order valence-corrected chi connectivity index (χ3v) is 3.50. The molecule has 2 rings (SSSR count). The van der Waals surface area contributed by atoms with Gasteiger partial charge in [-0.1, -0.05) is 6.07 Å². The first-order chi connectivity index (χ1) is 10.1. The van der Waals surface area contributed by atoms with Crippen molar-refractivity contribution < 1.29 is 19.6 Å². The van der Waals surface area contributed by atoms with E-state index in [1.54, 1.807) is 38.7 Å². The average Bonchev–Trinajstić information content (AvgIpc) is 2.28. The Kier molecular flexibility index (Phi) is 4.00. The van der Waals surface area contributed by atoms with Crippen LogP contribution in [0.3, 0.4) is 0 Å². The molecular formula is C15H20N2O5. The minimum absolute atomic E-state index is 0.0190. The quantitative estimate of drug-likeness (QED) is 0.669. The van der Waals surface area contributed by atoms with Crippen molar-refractivity contribution in [2.75, 3.05) is 13.1 Å². The number of hydrogen-bond donors (Lipinski definition) is 1. The lowest BCUT2D eigenvalue weighted by Gasteiger charge is -2.40. The zero-order chi connectivity index (χ0) is 16.7. The Morgan fingerprint density at radius 3 is 2.50 bits per heavy atom. The molecule has 1 aromatic rings. The average molecular weight is 308 g/mol. The van der Waals surface area contributed by atoms with Crippen molar-refractivity contribution in [2.24, 2.45) is 0 Å². The first kappa shape index (κ1) is 16.1. The summed E-state index contributed by atoms with van der Waals surface area (Å²) in [5.74, 6) is -0.289. The molecule has 0 radical (unpaired) electrons. The molecule has 0 atom stereocenters. The molecule has 1 saturated heterocycles. The standard InChI is InChI=1S/C15H20N2O5/c1-9-5-10(6-12(13(9)18)17(20)21)11-7-16(8-11)14(19)22-15(2,3)4/h5-6,11,18H,7-8H2,1-4H3. The molecule has 1 fully saturated rings. The number of carbonyl (C=O) groups is 1. The fourth-order valence-corrected chi connectivity index (χ4v) is 2.33. The number of hydrogen-bond acceptors (Lipinski definition) is 5. The maximum Gasteiger partial charge on any atom is 0.410 e. The van der Waals surface area contributed by atoms with Crippen LogP contribution in [-0.4, -0.2) is 39.7 Å². The third-order valence-electron chi connectivity index (χ3n) is 3.50. The lowest BCUT2D eigenvalue weighted by Crippen LogP contribution is -2.50. The zero-order valence-electron chi connectivity index (χ0n) is 13.1. The summed E-state index contributed by atoms with van der Waals surface area (Å²) in [6.07, 6.45) is -0.381. The summed E-state index contributed by atoms with van der Waals surface area (Å²) in [7, 11) is 0. The van der Waals surface area contributed by atoms with E-state index in [2.05, 4.69) is 0 Å². The van der Waals surface area contributed by atoms with Crippen LogP contribution in [0.5, 0.6) is 5.75 Å². The van der Waals surface area contributed by atoms with Crippen molar-refractivity contribution in [1.82, 2.24) is 4.90 Å². The molecule has 1 aliphatic heterocycles. The van der Waals surface area contributed by atoms with Crippen molar-refractivity contribution in [3.63, 3.8) is 0 Å². The van der Waals surface area contributed by atoms with Gasteiger partial charge in [-0.05, 0) is 38.8 Å². The molecule has 120 valence electrons. The zero-order valence-corrected chi connectivity index (χ0v) is 13.1. The van der Waals surface area contributed by atoms with Gasteiger partial charge in [-0.2, -0.15) is 0 Å². The molecular weight excluding hydrogens is 288 g/mol. The van der Waals surface area contributed by atoms with E-state index in [1.807, 2.05) is 0 Å². The van der Waals surface area contributed by atoms with Crippen LogP contribution in [0.2, 0.25) is 0 Å². The molecule has 0 spiro atoms. The van der Waals surface area contributed by atoms with E-state index in [9.17, 15) is 20.0 Å². The van der Waals surface area contributed by atoms with Crippen LogP contribution in [0.15, 0.2) is 12.1 Å². The number of benzene rings is 1. The van der Waals surface area contributed by atoms with Crippen LogP contribution >= 0.6 is 0 Å². The topological polar surface area (TPSA) is 92.9 Å². The van der Waals surface area contributed by atoms with Crippen LogP contribution in [0.25, 0.3) is 0 Å². The Bertz CT molecular complexity index is 615. The van der Waals surface area contributed by atoms with Crippen molar-refractivity contribution in [3.05, 3.63) is 33.4 Å². The largest absolute Gasteiger partial charge is 0.502 e. The van der Waals surface area contributed by atoms with E-state index < -0.39 is 10.5 Å². The number of rotatable bonds is 2. The Balaban J connectivity index is 2.08. The van der Waals surface area contributed by atoms with E-state index >= 15 is 0 Å². The second kappa shape index (κ2) is 5.47. The molecule has 1 N–H and O–H groups in total. The predicted molar refractivity (Wildman–Crippen MR) is 80.0 cm³/mol. The molecule has 22 heavy (non-hydrogen) atoms. The number of likely N-dealkylation sites (tertiary alicyclic amines) is 1. The van der Waals surface area contributed by atoms with E-state index in [-0.39, 0.29) is 23.4 Å². The Hall–Kier alpha value is -2.31. The highest BCUT2D eigenvalue weighted by Crippen LogP contribution is 2.36. The highest BCUT2D eigenvalue weighted by atomic mass is 16.6. The normalized spacial score (nSPS) is 15.4. The van der Waals surface area contributed by atoms with Crippen LogP contribution in [0.4, 0.5) is 10.5 Å². The molecule has 0 aromatic heterocycles. The highest BCUT2D eigenvalue weighted by Gasteiger charge is 2.35. The molecule has 0 aliphatic carbocycles. The van der Waals surface area contributed by atoms with Gasteiger partial charge in [-0.15, -0.1) is 0 Å². The molecule has 1 aliphatic rings. The predicted octanol–water partition coefficient (Wildman–Crippen LogP) is 2.94. The molecule has 1 aromatic carbocycles. The summed E-state index contributed by atoms with van der Waals surface area (Å²) < 4.78 is 5.27. The Morgan fingerprint density at radius 1 is 1.41 bits per heavy atom. The van der Waals surface area contributed by atoms with Gasteiger partial charge in [-0.25, -0.2) is 4.79 Å². The minimum atomic E-state index is -0.601. The van der Waals surface area contributed by atoms with Gasteiger partial charge in [0.2, 0.25) is 0 Å². The van der Waals surface area contributed by atoms with Gasteiger partial charge < -0.3 is 14.7 Å². The summed E-state index contributed by atoms with van der Waals surface area (Å²) in [5, 5.41) is 20.7. The number of nitro benzene ring substituents is 1. The summed E-state index contributed by atoms with van der Waals surface area (Å²) in [5.41, 5.74) is 0.364. The molecule has 0 bridgehead atoms. The summed E-state index contributed by atoms with van der Waals surface area (Å²) in [6.45, 7) is 7.93. The number of aryl methyl sites for hydroxylation is 1. The summed E-state index contributed by atoms with van der Waals surface area (Å²) in [4.78, 5) is 23.8. The number of aromatic hydroxyl groups is 1. The lowest BCUT2D eigenvalue weighted by atomic mass is 9.90. The van der Waals surface area contributed by atoms with Gasteiger partial charge >= 0.3 is 11.8 Å². The highest BCUT2D eigenvalue weighted by molar-refractivity contribution is 5.69. The fraction of sp³-hybridized carbons (Fsp3) is 0.533. The lowest BCUT2D eigenvalue weighted by molar-refractivity contribution is -0.386. The van der Waals surface area contributed by atoms with Gasteiger partial charge in [-0.3, -0.25) is 10.1 Å². The van der Waals surface area contributed by atoms with Crippen molar-refractivity contribution in [1.29, 1.82) is 0 Å². The van der Waals surface area contributed by atoms with E-state index in [0.717, 1.165) is 5.56 Å². The molecule has 1 heterocycles. The third kappa shape index (κ3) is 3.29. The molecule has 0 unspecified atom stereocenters.